The van der Waals surface area contributed by atoms with E-state index in [1.54, 1.807) is 17.0 Å². The van der Waals surface area contributed by atoms with Crippen LogP contribution in [0.15, 0.2) is 54.6 Å². The Bertz CT molecular complexity index is 1030. The Kier molecular flexibility index (Phi) is 6.02. The van der Waals surface area contributed by atoms with Crippen LogP contribution in [0.4, 0.5) is 5.69 Å². The molecule has 2 aromatic carbocycles. The Morgan fingerprint density at radius 2 is 1.65 bits per heavy atom. The van der Waals surface area contributed by atoms with Gasteiger partial charge < -0.3 is 19.5 Å². The third-order valence-corrected chi connectivity index (χ3v) is 5.60. The van der Waals surface area contributed by atoms with E-state index in [9.17, 15) is 9.59 Å². The van der Waals surface area contributed by atoms with Gasteiger partial charge in [-0.25, -0.2) is 9.78 Å². The number of ether oxygens (including phenoxy) is 1. The molecular weight excluding hydrogens is 392 g/mol. The van der Waals surface area contributed by atoms with Crippen LogP contribution in [0.3, 0.4) is 0 Å². The molecule has 4 rings (SSSR count). The summed E-state index contributed by atoms with van der Waals surface area (Å²) in [5, 5.41) is 0. The Hall–Kier alpha value is -3.61. The fourth-order valence-electron chi connectivity index (χ4n) is 3.60. The first-order chi connectivity index (χ1) is 15.0. The molecule has 7 nitrogen and oxygen atoms in total. The van der Waals surface area contributed by atoms with Gasteiger partial charge in [-0.15, -0.1) is 0 Å². The predicted octanol–water partition coefficient (Wildman–Crippen LogP) is 3.20. The van der Waals surface area contributed by atoms with Crippen molar-refractivity contribution in [1.29, 1.82) is 0 Å². The summed E-state index contributed by atoms with van der Waals surface area (Å²) in [6, 6.07) is 17.2. The highest BCUT2D eigenvalue weighted by atomic mass is 16.5. The molecule has 1 fully saturated rings. The Balaban J connectivity index is 1.27. The minimum absolute atomic E-state index is 0.167. The number of piperazine rings is 1. The number of H-pyrrole nitrogens is 1. The molecule has 0 aliphatic carbocycles. The number of nitrogens with zero attached hydrogens (tertiary/aromatic N) is 3. The van der Waals surface area contributed by atoms with Gasteiger partial charge >= 0.3 is 5.97 Å². The molecule has 1 saturated heterocycles. The molecule has 1 aliphatic heterocycles. The minimum Gasteiger partial charge on any atom is -0.452 e. The van der Waals surface area contributed by atoms with Crippen molar-refractivity contribution in [2.45, 2.75) is 13.8 Å². The zero-order chi connectivity index (χ0) is 21.8. The van der Waals surface area contributed by atoms with Crippen LogP contribution < -0.4 is 4.90 Å². The number of para-hydroxylation sites is 1. The second-order valence-corrected chi connectivity index (χ2v) is 7.65. The van der Waals surface area contributed by atoms with Crippen LogP contribution in [0.5, 0.6) is 0 Å². The van der Waals surface area contributed by atoms with Crippen molar-refractivity contribution in [2.75, 3.05) is 37.7 Å². The summed E-state index contributed by atoms with van der Waals surface area (Å²) in [5.41, 5.74) is 4.41. The summed E-state index contributed by atoms with van der Waals surface area (Å²) < 4.78 is 5.26. The molecule has 0 radical (unpaired) electrons. The first-order valence-corrected chi connectivity index (χ1v) is 10.4. The molecule has 31 heavy (non-hydrogen) atoms. The predicted molar refractivity (Wildman–Crippen MR) is 119 cm³/mol. The summed E-state index contributed by atoms with van der Waals surface area (Å²) >= 11 is 0. The lowest BCUT2D eigenvalue weighted by Crippen LogP contribution is -2.49. The lowest BCUT2D eigenvalue weighted by atomic mass is 10.1. The number of hydrogen-bond acceptors (Lipinski definition) is 5. The molecule has 1 aromatic heterocycles. The van der Waals surface area contributed by atoms with Gasteiger partial charge in [0.25, 0.3) is 5.91 Å². The van der Waals surface area contributed by atoms with Crippen molar-refractivity contribution >= 4 is 17.6 Å². The average Bonchev–Trinajstić information content (AvgIpc) is 3.16. The zero-order valence-electron chi connectivity index (χ0n) is 17.8. The van der Waals surface area contributed by atoms with Crippen molar-refractivity contribution in [3.63, 3.8) is 0 Å². The van der Waals surface area contributed by atoms with Gasteiger partial charge in [0.2, 0.25) is 0 Å². The number of carbonyl (C=O) groups excluding carboxylic acids is 2. The van der Waals surface area contributed by atoms with E-state index in [-0.39, 0.29) is 12.5 Å². The number of hydrogen-bond donors (Lipinski definition) is 1. The van der Waals surface area contributed by atoms with Crippen LogP contribution in [0.2, 0.25) is 0 Å². The van der Waals surface area contributed by atoms with Crippen molar-refractivity contribution in [3.05, 3.63) is 71.5 Å². The summed E-state index contributed by atoms with van der Waals surface area (Å²) in [6.45, 7) is 6.41. The highest BCUT2D eigenvalue weighted by molar-refractivity contribution is 5.91. The van der Waals surface area contributed by atoms with Crippen molar-refractivity contribution in [2.24, 2.45) is 0 Å². The quantitative estimate of drug-likeness (QED) is 0.644. The van der Waals surface area contributed by atoms with E-state index in [2.05, 4.69) is 27.0 Å². The summed E-state index contributed by atoms with van der Waals surface area (Å²) in [4.78, 5) is 36.5. The van der Waals surface area contributed by atoms with Gasteiger partial charge in [-0.05, 0) is 38.1 Å². The molecule has 3 aromatic rings. The monoisotopic (exact) mass is 418 g/mol. The van der Waals surface area contributed by atoms with Gasteiger partial charge in [0.05, 0.1) is 11.3 Å². The van der Waals surface area contributed by atoms with Crippen LogP contribution in [-0.4, -0.2) is 59.5 Å². The molecule has 0 atom stereocenters. The van der Waals surface area contributed by atoms with Crippen LogP contribution in [0, 0.1) is 13.8 Å². The van der Waals surface area contributed by atoms with E-state index < -0.39 is 5.97 Å². The third-order valence-electron chi connectivity index (χ3n) is 5.60. The molecule has 0 bridgehead atoms. The van der Waals surface area contributed by atoms with Gasteiger partial charge in [-0.2, -0.15) is 0 Å². The molecule has 1 N–H and O–H groups in total. The number of anilines is 1. The lowest BCUT2D eigenvalue weighted by molar-refractivity contribution is -0.134. The normalized spacial score (nSPS) is 13.9. The standard InChI is InChI=1S/C24H26N4O3/c1-17-18(2)26-23(25-17)19-8-10-20(11-9-19)24(30)31-16-22(29)28-14-12-27(13-15-28)21-6-4-3-5-7-21/h3-11H,12-16H2,1-2H3,(H,25,26). The molecule has 2 heterocycles. The first kappa shape index (κ1) is 20.7. The number of benzene rings is 2. The zero-order valence-corrected chi connectivity index (χ0v) is 17.8. The second-order valence-electron chi connectivity index (χ2n) is 7.65. The fraction of sp³-hybridized carbons (Fsp3) is 0.292. The maximum atomic E-state index is 12.5. The van der Waals surface area contributed by atoms with Crippen molar-refractivity contribution < 1.29 is 14.3 Å². The fourth-order valence-corrected chi connectivity index (χ4v) is 3.60. The number of amides is 1. The van der Waals surface area contributed by atoms with Crippen LogP contribution in [0.25, 0.3) is 11.4 Å². The van der Waals surface area contributed by atoms with E-state index in [0.29, 0.717) is 18.7 Å². The highest BCUT2D eigenvalue weighted by Crippen LogP contribution is 2.19. The number of imidazole rings is 1. The Morgan fingerprint density at radius 3 is 2.26 bits per heavy atom. The van der Waals surface area contributed by atoms with Crippen molar-refractivity contribution in [3.8, 4) is 11.4 Å². The minimum atomic E-state index is -0.505. The van der Waals surface area contributed by atoms with Gasteiger partial charge in [0.1, 0.15) is 5.82 Å². The molecular formula is C24H26N4O3. The number of aromatic amines is 1. The summed E-state index contributed by atoms with van der Waals surface area (Å²) in [6.07, 6.45) is 0. The molecule has 7 heteroatoms. The van der Waals surface area contributed by atoms with E-state index in [0.717, 1.165) is 41.6 Å². The SMILES string of the molecule is Cc1nc(-c2ccc(C(=O)OCC(=O)N3CCN(c4ccccc4)CC3)cc2)[nH]c1C. The number of aromatic nitrogens is 2. The molecule has 0 spiro atoms. The van der Waals surface area contributed by atoms with Gasteiger partial charge in [0.15, 0.2) is 6.61 Å². The third kappa shape index (κ3) is 4.77. The molecule has 1 aliphatic rings. The lowest BCUT2D eigenvalue weighted by Gasteiger charge is -2.36. The van der Waals surface area contributed by atoms with Crippen molar-refractivity contribution in [1.82, 2.24) is 14.9 Å². The number of nitrogens with one attached hydrogen (secondary N) is 1. The summed E-state index contributed by atoms with van der Waals surface area (Å²) in [5.74, 6) is 0.0913. The van der Waals surface area contributed by atoms with E-state index >= 15 is 0 Å². The van der Waals surface area contributed by atoms with Crippen LogP contribution >= 0.6 is 0 Å². The van der Waals surface area contributed by atoms with Crippen LogP contribution in [0.1, 0.15) is 21.7 Å². The Morgan fingerprint density at radius 1 is 0.968 bits per heavy atom. The Labute approximate surface area is 181 Å². The molecule has 0 saturated carbocycles. The largest absolute Gasteiger partial charge is 0.452 e. The second kappa shape index (κ2) is 9.04. The molecule has 160 valence electrons. The van der Waals surface area contributed by atoms with Gasteiger partial charge in [0, 0.05) is 43.1 Å². The smallest absolute Gasteiger partial charge is 0.338 e. The molecule has 0 unspecified atom stereocenters. The molecule has 1 amide bonds. The number of esters is 1. The number of aryl methyl sites for hydroxylation is 2. The maximum absolute atomic E-state index is 12.5. The first-order valence-electron chi connectivity index (χ1n) is 10.4. The van der Waals surface area contributed by atoms with Gasteiger partial charge in [-0.1, -0.05) is 30.3 Å². The topological polar surface area (TPSA) is 78.5 Å². The number of rotatable bonds is 5. The maximum Gasteiger partial charge on any atom is 0.338 e. The van der Waals surface area contributed by atoms with E-state index in [4.69, 9.17) is 4.74 Å². The van der Waals surface area contributed by atoms with Gasteiger partial charge in [-0.3, -0.25) is 4.79 Å². The summed E-state index contributed by atoms with van der Waals surface area (Å²) in [7, 11) is 0. The highest BCUT2D eigenvalue weighted by Gasteiger charge is 2.22. The van der Waals surface area contributed by atoms with E-state index in [1.165, 1.54) is 0 Å². The average molecular weight is 418 g/mol. The number of carbonyl (C=O) groups is 2. The van der Waals surface area contributed by atoms with Crippen LogP contribution in [-0.2, 0) is 9.53 Å². The van der Waals surface area contributed by atoms with E-state index in [1.807, 2.05) is 44.2 Å².